The van der Waals surface area contributed by atoms with Crippen LogP contribution in [0, 0.1) is 0 Å². The molecule has 1 aromatic rings. The molecule has 2 heterocycles. The van der Waals surface area contributed by atoms with Crippen LogP contribution in [0.3, 0.4) is 0 Å². The number of rotatable bonds is 5. The normalized spacial score (nSPS) is 16.2. The van der Waals surface area contributed by atoms with Crippen molar-refractivity contribution in [3.63, 3.8) is 0 Å². The van der Waals surface area contributed by atoms with Crippen molar-refractivity contribution in [2.45, 2.75) is 6.92 Å². The number of nitrogens with two attached hydrogens (primary N) is 1. The Kier molecular flexibility index (Phi) is 5.38. The van der Waals surface area contributed by atoms with Gasteiger partial charge in [-0.25, -0.2) is 4.98 Å². The number of nitrogens with zero attached hydrogens (tertiary/aromatic N) is 4. The zero-order valence-electron chi connectivity index (χ0n) is 12.6. The first-order valence-electron chi connectivity index (χ1n) is 7.16. The summed E-state index contributed by atoms with van der Waals surface area (Å²) < 4.78 is 0. The lowest BCUT2D eigenvalue weighted by Crippen LogP contribution is -2.49. The maximum Gasteiger partial charge on any atom is 0.267 e. The highest BCUT2D eigenvalue weighted by atomic mass is 32.1. The number of anilines is 2. The molecule has 118 valence electrons. The summed E-state index contributed by atoms with van der Waals surface area (Å²) in [5.41, 5.74) is 5.90. The Bertz CT molecular complexity index is 485. The number of hydrogen-bond donors (Lipinski definition) is 2. The molecule has 0 radical (unpaired) electrons. The number of thiazole rings is 1. The molecule has 8 heteroatoms. The fourth-order valence-electron chi connectivity index (χ4n) is 2.23. The van der Waals surface area contributed by atoms with Crippen LogP contribution in [0.5, 0.6) is 0 Å². The minimum Gasteiger partial charge on any atom is -0.395 e. The van der Waals surface area contributed by atoms with Gasteiger partial charge in [0.05, 0.1) is 6.61 Å². The van der Waals surface area contributed by atoms with Gasteiger partial charge >= 0.3 is 0 Å². The second kappa shape index (κ2) is 7.06. The van der Waals surface area contributed by atoms with E-state index in [-0.39, 0.29) is 12.5 Å². The average molecular weight is 313 g/mol. The van der Waals surface area contributed by atoms with Gasteiger partial charge in [0.2, 0.25) is 0 Å². The molecule has 1 saturated heterocycles. The lowest BCUT2D eigenvalue weighted by molar-refractivity contribution is 0.0620. The molecule has 1 amide bonds. The third kappa shape index (κ3) is 3.63. The maximum absolute atomic E-state index is 12.5. The zero-order chi connectivity index (χ0) is 15.4. The summed E-state index contributed by atoms with van der Waals surface area (Å²) in [5, 5.41) is 9.71. The number of hydrogen-bond acceptors (Lipinski definition) is 7. The van der Waals surface area contributed by atoms with E-state index in [4.69, 9.17) is 10.8 Å². The van der Waals surface area contributed by atoms with Gasteiger partial charge < -0.3 is 20.6 Å². The van der Waals surface area contributed by atoms with E-state index in [0.717, 1.165) is 24.8 Å². The number of β-amino-alcohol motifs (C(OH)–C–C–N with tert-alkyl or cyclic N) is 1. The molecule has 0 unspecified atom stereocenters. The van der Waals surface area contributed by atoms with Gasteiger partial charge in [0.1, 0.15) is 10.7 Å². The van der Waals surface area contributed by atoms with Gasteiger partial charge in [0.15, 0.2) is 5.13 Å². The van der Waals surface area contributed by atoms with Crippen LogP contribution in [0.2, 0.25) is 0 Å². The largest absolute Gasteiger partial charge is 0.395 e. The molecule has 0 bridgehead atoms. The van der Waals surface area contributed by atoms with Gasteiger partial charge in [-0.15, -0.1) is 0 Å². The van der Waals surface area contributed by atoms with Crippen molar-refractivity contribution in [2.24, 2.45) is 0 Å². The van der Waals surface area contributed by atoms with Crippen molar-refractivity contribution in [1.29, 1.82) is 0 Å². The van der Waals surface area contributed by atoms with Crippen LogP contribution in [0.1, 0.15) is 16.6 Å². The topological polar surface area (TPSA) is 85.9 Å². The first kappa shape index (κ1) is 16.0. The SMILES string of the molecule is CCN(C)c1nc(N)c(C(=O)N2CCN(CCO)CC2)s1. The van der Waals surface area contributed by atoms with E-state index in [0.29, 0.717) is 30.3 Å². The first-order valence-corrected chi connectivity index (χ1v) is 7.98. The summed E-state index contributed by atoms with van der Waals surface area (Å²) in [5.74, 6) is 0.280. The molecule has 2 rings (SSSR count). The summed E-state index contributed by atoms with van der Waals surface area (Å²) in [6.45, 7) is 6.56. The minimum absolute atomic E-state index is 0.0376. The molecule has 1 aliphatic rings. The lowest BCUT2D eigenvalue weighted by atomic mass is 10.3. The number of nitrogen functional groups attached to an aromatic ring is 1. The lowest BCUT2D eigenvalue weighted by Gasteiger charge is -2.34. The van der Waals surface area contributed by atoms with Crippen LogP contribution in [-0.4, -0.2) is 78.7 Å². The summed E-state index contributed by atoms with van der Waals surface area (Å²) in [7, 11) is 1.93. The predicted molar refractivity (Wildman–Crippen MR) is 84.9 cm³/mol. The van der Waals surface area contributed by atoms with Gasteiger partial charge in [-0.05, 0) is 6.92 Å². The van der Waals surface area contributed by atoms with Gasteiger partial charge in [-0.3, -0.25) is 9.69 Å². The minimum atomic E-state index is -0.0376. The van der Waals surface area contributed by atoms with E-state index in [1.165, 1.54) is 11.3 Å². The fraction of sp³-hybridized carbons (Fsp3) is 0.692. The summed E-state index contributed by atoms with van der Waals surface area (Å²) in [6, 6.07) is 0. The molecular weight excluding hydrogens is 290 g/mol. The Hall–Kier alpha value is -1.38. The van der Waals surface area contributed by atoms with E-state index in [9.17, 15) is 4.79 Å². The Morgan fingerprint density at radius 1 is 1.43 bits per heavy atom. The van der Waals surface area contributed by atoms with Gasteiger partial charge in [-0.1, -0.05) is 11.3 Å². The third-order valence-corrected chi connectivity index (χ3v) is 4.89. The Balaban J connectivity index is 2.02. The third-order valence-electron chi connectivity index (χ3n) is 3.71. The number of aromatic nitrogens is 1. The molecule has 0 saturated carbocycles. The van der Waals surface area contributed by atoms with E-state index < -0.39 is 0 Å². The van der Waals surface area contributed by atoms with Crippen molar-refractivity contribution in [2.75, 3.05) is 63.6 Å². The number of carbonyl (C=O) groups excluding carboxylic acids is 1. The fourth-order valence-corrected chi connectivity index (χ4v) is 3.21. The number of carbonyl (C=O) groups is 1. The standard InChI is InChI=1S/C13H23N5O2S/c1-3-16(2)13-15-11(14)10(21-13)12(20)18-6-4-17(5-7-18)8-9-19/h19H,3-9,14H2,1-2H3. The highest BCUT2D eigenvalue weighted by Crippen LogP contribution is 2.28. The molecule has 7 nitrogen and oxygen atoms in total. The van der Waals surface area contributed by atoms with Crippen molar-refractivity contribution >= 4 is 28.2 Å². The molecule has 0 aliphatic carbocycles. The summed E-state index contributed by atoms with van der Waals surface area (Å²) in [4.78, 5) is 23.3. The molecule has 3 N–H and O–H groups in total. The highest BCUT2D eigenvalue weighted by molar-refractivity contribution is 7.18. The zero-order valence-corrected chi connectivity index (χ0v) is 13.4. The molecule has 1 aliphatic heterocycles. The molecule has 0 atom stereocenters. The second-order valence-corrected chi connectivity index (χ2v) is 6.06. The van der Waals surface area contributed by atoms with Gasteiger partial charge in [-0.2, -0.15) is 0 Å². The van der Waals surface area contributed by atoms with Crippen LogP contribution < -0.4 is 10.6 Å². The van der Waals surface area contributed by atoms with Crippen molar-refractivity contribution in [3.8, 4) is 0 Å². The number of piperazine rings is 1. The molecule has 21 heavy (non-hydrogen) atoms. The average Bonchev–Trinajstić information content (AvgIpc) is 2.89. The Morgan fingerprint density at radius 3 is 2.67 bits per heavy atom. The highest BCUT2D eigenvalue weighted by Gasteiger charge is 2.26. The molecule has 1 aromatic heterocycles. The van der Waals surface area contributed by atoms with E-state index in [1.807, 2.05) is 23.8 Å². The Labute approximate surface area is 129 Å². The van der Waals surface area contributed by atoms with Crippen molar-refractivity contribution in [1.82, 2.24) is 14.8 Å². The van der Waals surface area contributed by atoms with Crippen LogP contribution in [0.4, 0.5) is 10.9 Å². The quantitative estimate of drug-likeness (QED) is 0.791. The van der Waals surface area contributed by atoms with Crippen LogP contribution in [-0.2, 0) is 0 Å². The maximum atomic E-state index is 12.5. The number of aliphatic hydroxyl groups excluding tert-OH is 1. The van der Waals surface area contributed by atoms with E-state index in [2.05, 4.69) is 9.88 Å². The van der Waals surface area contributed by atoms with E-state index >= 15 is 0 Å². The monoisotopic (exact) mass is 313 g/mol. The van der Waals surface area contributed by atoms with Crippen molar-refractivity contribution in [3.05, 3.63) is 4.88 Å². The first-order chi connectivity index (χ1) is 10.1. The second-order valence-electron chi connectivity index (χ2n) is 5.08. The molecule has 1 fully saturated rings. The van der Waals surface area contributed by atoms with Crippen molar-refractivity contribution < 1.29 is 9.90 Å². The van der Waals surface area contributed by atoms with Crippen LogP contribution >= 0.6 is 11.3 Å². The van der Waals surface area contributed by atoms with Gasteiger partial charge in [0, 0.05) is 46.3 Å². The smallest absolute Gasteiger partial charge is 0.267 e. The van der Waals surface area contributed by atoms with Crippen LogP contribution in [0.15, 0.2) is 0 Å². The Morgan fingerprint density at radius 2 is 2.10 bits per heavy atom. The number of amides is 1. The molecule has 0 spiro atoms. The van der Waals surface area contributed by atoms with E-state index in [1.54, 1.807) is 0 Å². The van der Waals surface area contributed by atoms with Gasteiger partial charge in [0.25, 0.3) is 5.91 Å². The van der Waals surface area contributed by atoms with Crippen LogP contribution in [0.25, 0.3) is 0 Å². The summed E-state index contributed by atoms with van der Waals surface area (Å²) in [6.07, 6.45) is 0. The summed E-state index contributed by atoms with van der Waals surface area (Å²) >= 11 is 1.35. The molecule has 0 aromatic carbocycles. The predicted octanol–water partition coefficient (Wildman–Crippen LogP) is -0.0685. The molecular formula is C13H23N5O2S. The number of aliphatic hydroxyl groups is 1.